The van der Waals surface area contributed by atoms with Gasteiger partial charge in [-0.25, -0.2) is 0 Å². The summed E-state index contributed by atoms with van der Waals surface area (Å²) in [4.78, 5) is 0. The maximum Gasteiger partial charge on any atom is 0.0178 e. The minimum atomic E-state index is 0.272. The van der Waals surface area contributed by atoms with Gasteiger partial charge in [0.25, 0.3) is 0 Å². The van der Waals surface area contributed by atoms with E-state index >= 15 is 0 Å². The van der Waals surface area contributed by atoms with Gasteiger partial charge in [0.05, 0.1) is 0 Å². The molecule has 0 spiro atoms. The van der Waals surface area contributed by atoms with Gasteiger partial charge in [-0.2, -0.15) is 0 Å². The van der Waals surface area contributed by atoms with Gasteiger partial charge in [0.2, 0.25) is 0 Å². The maximum atomic E-state index is 6.09. The van der Waals surface area contributed by atoms with Gasteiger partial charge in [-0.1, -0.05) is 48.3 Å². The molecule has 0 fully saturated rings. The van der Waals surface area contributed by atoms with Crippen molar-refractivity contribution >= 4 is 15.9 Å². The Bertz CT molecular complexity index is 285. The smallest absolute Gasteiger partial charge is 0.0178 e. The topological polar surface area (TPSA) is 26.0 Å². The molecule has 1 aromatic carbocycles. The van der Waals surface area contributed by atoms with Crippen molar-refractivity contribution in [2.75, 3.05) is 0 Å². The van der Waals surface area contributed by atoms with Crippen molar-refractivity contribution in [3.05, 3.63) is 34.3 Å². The standard InChI is InChI=1S/C12H18BrN/c1-3-9(2)12(14)8-10-5-4-6-11(13)7-10/h4-7,9,12H,3,8,14H2,1-2H3. The Morgan fingerprint density at radius 3 is 2.71 bits per heavy atom. The van der Waals surface area contributed by atoms with E-state index in [1.165, 1.54) is 5.56 Å². The van der Waals surface area contributed by atoms with Crippen molar-refractivity contribution in [3.63, 3.8) is 0 Å². The molecule has 2 atom stereocenters. The minimum absolute atomic E-state index is 0.272. The Balaban J connectivity index is 2.60. The van der Waals surface area contributed by atoms with E-state index < -0.39 is 0 Å². The zero-order valence-electron chi connectivity index (χ0n) is 8.83. The van der Waals surface area contributed by atoms with Crippen LogP contribution in [0.25, 0.3) is 0 Å². The highest BCUT2D eigenvalue weighted by molar-refractivity contribution is 9.10. The molecule has 0 aromatic heterocycles. The van der Waals surface area contributed by atoms with Crippen molar-refractivity contribution in [2.24, 2.45) is 11.7 Å². The van der Waals surface area contributed by atoms with Gasteiger partial charge in [-0.3, -0.25) is 0 Å². The van der Waals surface area contributed by atoms with E-state index in [4.69, 9.17) is 5.73 Å². The van der Waals surface area contributed by atoms with Crippen LogP contribution >= 0.6 is 15.9 Å². The van der Waals surface area contributed by atoms with Crippen LogP contribution < -0.4 is 5.73 Å². The average Bonchev–Trinajstić information content (AvgIpc) is 2.16. The van der Waals surface area contributed by atoms with Crippen molar-refractivity contribution < 1.29 is 0 Å². The molecule has 0 saturated carbocycles. The van der Waals surface area contributed by atoms with Gasteiger partial charge in [0.15, 0.2) is 0 Å². The van der Waals surface area contributed by atoms with Crippen LogP contribution in [0.15, 0.2) is 28.7 Å². The highest BCUT2D eigenvalue weighted by Crippen LogP contribution is 2.15. The Labute approximate surface area is 94.8 Å². The molecule has 2 heteroatoms. The second-order valence-corrected chi connectivity index (χ2v) is 4.80. The second kappa shape index (κ2) is 5.52. The molecule has 14 heavy (non-hydrogen) atoms. The molecule has 0 amide bonds. The first-order valence-electron chi connectivity index (χ1n) is 5.13. The highest BCUT2D eigenvalue weighted by Gasteiger charge is 2.10. The fraction of sp³-hybridized carbons (Fsp3) is 0.500. The largest absolute Gasteiger partial charge is 0.327 e. The molecule has 0 aliphatic rings. The first-order valence-corrected chi connectivity index (χ1v) is 5.92. The predicted octanol–water partition coefficient (Wildman–Crippen LogP) is 3.37. The monoisotopic (exact) mass is 255 g/mol. The summed E-state index contributed by atoms with van der Waals surface area (Å²) < 4.78 is 1.13. The summed E-state index contributed by atoms with van der Waals surface area (Å²) in [6, 6.07) is 8.64. The van der Waals surface area contributed by atoms with Crippen LogP contribution in [0.1, 0.15) is 25.8 Å². The fourth-order valence-electron chi connectivity index (χ4n) is 1.44. The molecule has 0 aliphatic heterocycles. The van der Waals surface area contributed by atoms with Crippen LogP contribution in [-0.2, 0) is 6.42 Å². The SMILES string of the molecule is CCC(C)C(N)Cc1cccc(Br)c1. The summed E-state index contributed by atoms with van der Waals surface area (Å²) in [6.07, 6.45) is 2.11. The van der Waals surface area contributed by atoms with Gasteiger partial charge in [0.1, 0.15) is 0 Å². The van der Waals surface area contributed by atoms with Crippen LogP contribution in [0.4, 0.5) is 0 Å². The molecule has 0 radical (unpaired) electrons. The minimum Gasteiger partial charge on any atom is -0.327 e. The Morgan fingerprint density at radius 1 is 1.43 bits per heavy atom. The number of hydrogen-bond donors (Lipinski definition) is 1. The number of rotatable bonds is 4. The van der Waals surface area contributed by atoms with E-state index in [1.807, 2.05) is 6.07 Å². The van der Waals surface area contributed by atoms with Gasteiger partial charge >= 0.3 is 0 Å². The third kappa shape index (κ3) is 3.43. The summed E-state index contributed by atoms with van der Waals surface area (Å²) in [7, 11) is 0. The number of benzene rings is 1. The number of nitrogens with two attached hydrogens (primary N) is 1. The molecule has 1 nitrogen and oxygen atoms in total. The van der Waals surface area contributed by atoms with E-state index in [9.17, 15) is 0 Å². The van der Waals surface area contributed by atoms with Gasteiger partial charge in [-0.15, -0.1) is 0 Å². The Morgan fingerprint density at radius 2 is 2.14 bits per heavy atom. The lowest BCUT2D eigenvalue weighted by Crippen LogP contribution is -2.30. The molecule has 78 valence electrons. The predicted molar refractivity (Wildman–Crippen MR) is 65.3 cm³/mol. The number of hydrogen-bond acceptors (Lipinski definition) is 1. The molecule has 0 saturated heterocycles. The van der Waals surface area contributed by atoms with Gasteiger partial charge in [0, 0.05) is 10.5 Å². The summed E-state index contributed by atoms with van der Waals surface area (Å²) >= 11 is 3.47. The molecule has 2 unspecified atom stereocenters. The Kier molecular flexibility index (Phi) is 4.63. The first-order chi connectivity index (χ1) is 6.63. The first kappa shape index (κ1) is 11.7. The zero-order valence-corrected chi connectivity index (χ0v) is 10.4. The van der Waals surface area contributed by atoms with Gasteiger partial charge < -0.3 is 5.73 Å². The molecule has 0 heterocycles. The van der Waals surface area contributed by atoms with Crippen molar-refractivity contribution in [3.8, 4) is 0 Å². The summed E-state index contributed by atoms with van der Waals surface area (Å²) in [5.41, 5.74) is 7.41. The lowest BCUT2D eigenvalue weighted by molar-refractivity contribution is 0.440. The van der Waals surface area contributed by atoms with Crippen LogP contribution in [0.3, 0.4) is 0 Å². The number of halogens is 1. The van der Waals surface area contributed by atoms with Crippen LogP contribution in [-0.4, -0.2) is 6.04 Å². The molecule has 0 aliphatic carbocycles. The van der Waals surface area contributed by atoms with E-state index in [2.05, 4.69) is 48.0 Å². The lowest BCUT2D eigenvalue weighted by Gasteiger charge is -2.18. The quantitative estimate of drug-likeness (QED) is 0.878. The van der Waals surface area contributed by atoms with Crippen molar-refractivity contribution in [2.45, 2.75) is 32.7 Å². The van der Waals surface area contributed by atoms with Crippen LogP contribution in [0.2, 0.25) is 0 Å². The maximum absolute atomic E-state index is 6.09. The molecular formula is C12H18BrN. The van der Waals surface area contributed by atoms with Crippen molar-refractivity contribution in [1.29, 1.82) is 0 Å². The summed E-state index contributed by atoms with van der Waals surface area (Å²) in [5.74, 6) is 0.592. The molecule has 1 rings (SSSR count). The third-order valence-corrected chi connectivity index (χ3v) is 3.23. The normalized spacial score (nSPS) is 15.1. The summed E-state index contributed by atoms with van der Waals surface area (Å²) in [6.45, 7) is 4.40. The summed E-state index contributed by atoms with van der Waals surface area (Å²) in [5, 5.41) is 0. The van der Waals surface area contributed by atoms with E-state index in [0.717, 1.165) is 17.3 Å². The Hall–Kier alpha value is -0.340. The molecular weight excluding hydrogens is 238 g/mol. The zero-order chi connectivity index (χ0) is 10.6. The van der Waals surface area contributed by atoms with Gasteiger partial charge in [-0.05, 0) is 30.0 Å². The fourth-order valence-corrected chi connectivity index (χ4v) is 1.89. The van der Waals surface area contributed by atoms with Crippen LogP contribution in [0.5, 0.6) is 0 Å². The van der Waals surface area contributed by atoms with E-state index in [0.29, 0.717) is 5.92 Å². The van der Waals surface area contributed by atoms with Crippen LogP contribution in [0, 0.1) is 5.92 Å². The third-order valence-electron chi connectivity index (χ3n) is 2.74. The highest BCUT2D eigenvalue weighted by atomic mass is 79.9. The van der Waals surface area contributed by atoms with E-state index in [-0.39, 0.29) is 6.04 Å². The lowest BCUT2D eigenvalue weighted by atomic mass is 9.94. The van der Waals surface area contributed by atoms with E-state index in [1.54, 1.807) is 0 Å². The van der Waals surface area contributed by atoms with Crippen molar-refractivity contribution in [1.82, 2.24) is 0 Å². The average molecular weight is 256 g/mol. The molecule has 1 aromatic rings. The molecule has 0 bridgehead atoms. The molecule has 2 N–H and O–H groups in total. The second-order valence-electron chi connectivity index (χ2n) is 3.88.